The minimum atomic E-state index is -0.222. The molecule has 1 aliphatic heterocycles. The highest BCUT2D eigenvalue weighted by atomic mass is 32.1. The molecule has 0 atom stereocenters. The number of rotatable bonds is 6. The highest BCUT2D eigenvalue weighted by Crippen LogP contribution is 2.18. The van der Waals surface area contributed by atoms with Crippen molar-refractivity contribution in [3.05, 3.63) is 58.0 Å². The number of carbonyl (C=O) groups is 3. The van der Waals surface area contributed by atoms with Crippen molar-refractivity contribution in [3.63, 3.8) is 0 Å². The molecule has 1 aromatic carbocycles. The number of thiophene rings is 1. The molecule has 29 heavy (non-hydrogen) atoms. The summed E-state index contributed by atoms with van der Waals surface area (Å²) in [6.07, 6.45) is 2.13. The van der Waals surface area contributed by atoms with Crippen molar-refractivity contribution in [1.29, 1.82) is 0 Å². The summed E-state index contributed by atoms with van der Waals surface area (Å²) in [5.74, 6) is -0.532. The number of likely N-dealkylation sites (tertiary alicyclic amines) is 1. The normalized spacial score (nSPS) is 14.0. The molecule has 3 aromatic rings. The summed E-state index contributed by atoms with van der Waals surface area (Å²) in [4.78, 5) is 54.1. The highest BCUT2D eigenvalue weighted by molar-refractivity contribution is 7.16. The van der Waals surface area contributed by atoms with Gasteiger partial charge in [0.2, 0.25) is 17.7 Å². The number of amides is 3. The van der Waals surface area contributed by atoms with E-state index in [1.54, 1.807) is 30.3 Å². The van der Waals surface area contributed by atoms with Gasteiger partial charge < -0.3 is 5.32 Å². The number of carbonyl (C=O) groups excluding carboxylic acids is 3. The van der Waals surface area contributed by atoms with Gasteiger partial charge in [0, 0.05) is 31.5 Å². The Labute approximate surface area is 169 Å². The number of hydrogen-bond acceptors (Lipinski definition) is 6. The standard InChI is InChI=1S/C20H18N4O4S/c25-16(7-9-23-12-21-19-15(20(23)28)8-10-29-19)22-14-3-1-13(2-4-14)11-24-17(26)5-6-18(24)27/h1-4,8,10,12H,5-7,9,11H2,(H,22,25). The van der Waals surface area contributed by atoms with E-state index in [0.29, 0.717) is 15.9 Å². The molecule has 0 radical (unpaired) electrons. The van der Waals surface area contributed by atoms with Crippen molar-refractivity contribution >= 4 is 45.0 Å². The van der Waals surface area contributed by atoms with Gasteiger partial charge in [0.05, 0.1) is 18.3 Å². The highest BCUT2D eigenvalue weighted by Gasteiger charge is 2.28. The predicted molar refractivity (Wildman–Crippen MR) is 108 cm³/mol. The average molecular weight is 410 g/mol. The first-order valence-corrected chi connectivity index (χ1v) is 10.0. The summed E-state index contributed by atoms with van der Waals surface area (Å²) in [6, 6.07) is 8.73. The average Bonchev–Trinajstić information content (AvgIpc) is 3.31. The number of aromatic nitrogens is 2. The fourth-order valence-electron chi connectivity index (χ4n) is 3.17. The molecule has 148 valence electrons. The van der Waals surface area contributed by atoms with Gasteiger partial charge in [-0.3, -0.25) is 28.6 Å². The van der Waals surface area contributed by atoms with Crippen LogP contribution < -0.4 is 10.9 Å². The monoisotopic (exact) mass is 410 g/mol. The number of fused-ring (bicyclic) bond motifs is 1. The molecular weight excluding hydrogens is 392 g/mol. The molecule has 1 fully saturated rings. The maximum atomic E-state index is 12.3. The van der Waals surface area contributed by atoms with Crippen LogP contribution in [0.5, 0.6) is 0 Å². The molecule has 1 aliphatic rings. The number of nitrogens with one attached hydrogen (secondary N) is 1. The first-order chi connectivity index (χ1) is 14.0. The van der Waals surface area contributed by atoms with E-state index < -0.39 is 0 Å². The Morgan fingerprint density at radius 2 is 1.79 bits per heavy atom. The quantitative estimate of drug-likeness (QED) is 0.628. The molecule has 0 spiro atoms. The molecule has 4 rings (SSSR count). The third-order valence-corrected chi connectivity index (χ3v) is 5.58. The van der Waals surface area contributed by atoms with E-state index in [1.165, 1.54) is 27.1 Å². The second-order valence-electron chi connectivity index (χ2n) is 6.75. The number of imide groups is 1. The zero-order chi connectivity index (χ0) is 20.4. The molecule has 9 heteroatoms. The maximum absolute atomic E-state index is 12.3. The van der Waals surface area contributed by atoms with Gasteiger partial charge in [0.15, 0.2) is 0 Å². The van der Waals surface area contributed by atoms with Gasteiger partial charge in [-0.2, -0.15) is 0 Å². The van der Waals surface area contributed by atoms with Crippen molar-refractivity contribution in [1.82, 2.24) is 14.5 Å². The van der Waals surface area contributed by atoms with Crippen LogP contribution in [-0.4, -0.2) is 32.2 Å². The first-order valence-electron chi connectivity index (χ1n) is 9.16. The summed E-state index contributed by atoms with van der Waals surface area (Å²) in [5, 5.41) is 5.16. The van der Waals surface area contributed by atoms with Crippen LogP contribution in [-0.2, 0) is 27.5 Å². The summed E-state index contributed by atoms with van der Waals surface area (Å²) in [6.45, 7) is 0.480. The van der Waals surface area contributed by atoms with E-state index in [0.717, 1.165) is 5.56 Å². The molecular formula is C20H18N4O4S. The molecule has 8 nitrogen and oxygen atoms in total. The summed E-state index contributed by atoms with van der Waals surface area (Å²) in [5.41, 5.74) is 1.27. The summed E-state index contributed by atoms with van der Waals surface area (Å²) >= 11 is 1.40. The van der Waals surface area contributed by atoms with Crippen LogP contribution in [0.1, 0.15) is 24.8 Å². The molecule has 0 bridgehead atoms. The van der Waals surface area contributed by atoms with E-state index >= 15 is 0 Å². The van der Waals surface area contributed by atoms with Crippen LogP contribution in [0.15, 0.2) is 46.8 Å². The van der Waals surface area contributed by atoms with Crippen molar-refractivity contribution in [2.75, 3.05) is 5.32 Å². The maximum Gasteiger partial charge on any atom is 0.262 e. The lowest BCUT2D eigenvalue weighted by Crippen LogP contribution is -2.28. The smallest absolute Gasteiger partial charge is 0.262 e. The van der Waals surface area contributed by atoms with Gasteiger partial charge >= 0.3 is 0 Å². The summed E-state index contributed by atoms with van der Waals surface area (Å²) in [7, 11) is 0. The van der Waals surface area contributed by atoms with Gasteiger partial charge in [-0.1, -0.05) is 12.1 Å². The van der Waals surface area contributed by atoms with E-state index in [2.05, 4.69) is 10.3 Å². The second-order valence-corrected chi connectivity index (χ2v) is 7.65. The Bertz CT molecular complexity index is 1130. The fourth-order valence-corrected chi connectivity index (χ4v) is 3.90. The molecule has 0 aliphatic carbocycles. The van der Waals surface area contributed by atoms with Crippen LogP contribution in [0, 0.1) is 0 Å². The Balaban J connectivity index is 1.33. The summed E-state index contributed by atoms with van der Waals surface area (Å²) < 4.78 is 1.43. The van der Waals surface area contributed by atoms with E-state index in [9.17, 15) is 19.2 Å². The Kier molecular flexibility index (Phi) is 5.22. The Morgan fingerprint density at radius 3 is 2.52 bits per heavy atom. The van der Waals surface area contributed by atoms with Gasteiger partial charge in [0.1, 0.15) is 4.83 Å². The van der Waals surface area contributed by atoms with Gasteiger partial charge in [-0.15, -0.1) is 11.3 Å². The van der Waals surface area contributed by atoms with Crippen molar-refractivity contribution < 1.29 is 14.4 Å². The fraction of sp³-hybridized carbons (Fsp3) is 0.250. The van der Waals surface area contributed by atoms with Crippen molar-refractivity contribution in [2.45, 2.75) is 32.4 Å². The predicted octanol–water partition coefficient (Wildman–Crippen LogP) is 2.14. The molecule has 1 saturated heterocycles. The molecule has 3 amide bonds. The van der Waals surface area contributed by atoms with E-state index in [4.69, 9.17) is 0 Å². The second kappa shape index (κ2) is 7.96. The Morgan fingerprint density at radius 1 is 1.07 bits per heavy atom. The molecule has 3 heterocycles. The number of nitrogens with zero attached hydrogens (tertiary/aromatic N) is 3. The lowest BCUT2D eigenvalue weighted by Gasteiger charge is -2.14. The number of anilines is 1. The van der Waals surface area contributed by atoms with Crippen LogP contribution in [0.2, 0.25) is 0 Å². The van der Waals surface area contributed by atoms with Crippen LogP contribution in [0.3, 0.4) is 0 Å². The minimum absolute atomic E-state index is 0.135. The first kappa shape index (κ1) is 19.0. The van der Waals surface area contributed by atoms with E-state index in [1.807, 2.05) is 5.38 Å². The van der Waals surface area contributed by atoms with Crippen LogP contribution in [0.25, 0.3) is 10.2 Å². The molecule has 2 aromatic heterocycles. The minimum Gasteiger partial charge on any atom is -0.326 e. The zero-order valence-corrected chi connectivity index (χ0v) is 16.3. The largest absolute Gasteiger partial charge is 0.326 e. The molecule has 0 unspecified atom stereocenters. The van der Waals surface area contributed by atoms with E-state index in [-0.39, 0.29) is 55.6 Å². The van der Waals surface area contributed by atoms with Crippen molar-refractivity contribution in [3.8, 4) is 0 Å². The van der Waals surface area contributed by atoms with Crippen molar-refractivity contribution in [2.24, 2.45) is 0 Å². The number of benzene rings is 1. The Hall–Kier alpha value is -3.33. The van der Waals surface area contributed by atoms with Crippen LogP contribution in [0.4, 0.5) is 5.69 Å². The van der Waals surface area contributed by atoms with Crippen LogP contribution >= 0.6 is 11.3 Å². The lowest BCUT2D eigenvalue weighted by atomic mass is 10.2. The molecule has 0 saturated carbocycles. The lowest BCUT2D eigenvalue weighted by molar-refractivity contribution is -0.139. The van der Waals surface area contributed by atoms with Gasteiger partial charge in [-0.05, 0) is 29.1 Å². The SMILES string of the molecule is O=C(CCn1cnc2sccc2c1=O)Nc1ccc(CN2C(=O)CCC2=O)cc1. The number of aryl methyl sites for hydroxylation is 1. The molecule has 1 N–H and O–H groups in total. The topological polar surface area (TPSA) is 101 Å². The third kappa shape index (κ3) is 4.09. The van der Waals surface area contributed by atoms with Gasteiger partial charge in [0.25, 0.3) is 5.56 Å². The third-order valence-electron chi connectivity index (χ3n) is 4.76. The zero-order valence-electron chi connectivity index (χ0n) is 15.5. The number of hydrogen-bond donors (Lipinski definition) is 1. The van der Waals surface area contributed by atoms with Gasteiger partial charge in [-0.25, -0.2) is 4.98 Å².